The van der Waals surface area contributed by atoms with Crippen LogP contribution in [-0.4, -0.2) is 22.8 Å². The summed E-state index contributed by atoms with van der Waals surface area (Å²) in [6.45, 7) is 2.08. The van der Waals surface area contributed by atoms with Crippen molar-refractivity contribution in [3.05, 3.63) is 0 Å². The van der Waals surface area contributed by atoms with Gasteiger partial charge in [0.15, 0.2) is 0 Å². The lowest BCUT2D eigenvalue weighted by molar-refractivity contribution is 0.389. The zero-order chi connectivity index (χ0) is 5.98. The molecule has 1 fully saturated rings. The van der Waals surface area contributed by atoms with Crippen LogP contribution < -0.4 is 0 Å². The number of hydrogen-bond acceptors (Lipinski definition) is 2. The molecule has 0 aliphatic carbocycles. The molecule has 0 bridgehead atoms. The Morgan fingerprint density at radius 3 is 2.25 bits per heavy atom. The maximum absolute atomic E-state index is 5.82. The second kappa shape index (κ2) is 2.95. The normalized spacial score (nSPS) is 26.2. The minimum Gasteiger partial charge on any atom is -0.253 e. The van der Waals surface area contributed by atoms with E-state index in [1.807, 2.05) is 4.31 Å². The van der Waals surface area contributed by atoms with E-state index >= 15 is 0 Å². The van der Waals surface area contributed by atoms with Crippen molar-refractivity contribution in [2.24, 2.45) is 0 Å². The second-order valence-corrected chi connectivity index (χ2v) is 3.31. The minimum absolute atomic E-state index is 0.401. The fourth-order valence-electron chi connectivity index (χ4n) is 0.834. The van der Waals surface area contributed by atoms with Crippen LogP contribution in [0.1, 0.15) is 12.8 Å². The molecule has 1 rings (SSSR count). The van der Waals surface area contributed by atoms with Crippen molar-refractivity contribution in [1.82, 2.24) is 4.31 Å². The van der Waals surface area contributed by atoms with Gasteiger partial charge < -0.3 is 0 Å². The van der Waals surface area contributed by atoms with Gasteiger partial charge in [-0.3, -0.25) is 4.31 Å². The van der Waals surface area contributed by atoms with Gasteiger partial charge in [0.25, 0.3) is 0 Å². The van der Waals surface area contributed by atoms with Gasteiger partial charge in [0.05, 0.1) is 0 Å². The molecule has 3 heteroatoms. The first-order chi connectivity index (χ1) is 3.79. The van der Waals surface area contributed by atoms with E-state index in [1.165, 1.54) is 0 Å². The highest BCUT2D eigenvalue weighted by atomic mass is 35.5. The van der Waals surface area contributed by atoms with Gasteiger partial charge in [-0.15, -0.1) is 11.6 Å². The predicted octanol–water partition coefficient (Wildman–Crippen LogP) is 1.53. The van der Waals surface area contributed by atoms with Crippen LogP contribution in [0.4, 0.5) is 0 Å². The molecule has 0 atom stereocenters. The summed E-state index contributed by atoms with van der Waals surface area (Å²) in [6, 6.07) is 0. The summed E-state index contributed by atoms with van der Waals surface area (Å²) in [7, 11) is 0. The Morgan fingerprint density at radius 2 is 1.88 bits per heavy atom. The minimum atomic E-state index is 0.401. The van der Waals surface area contributed by atoms with Crippen molar-refractivity contribution in [3.63, 3.8) is 0 Å². The van der Waals surface area contributed by atoms with Gasteiger partial charge in [-0.25, -0.2) is 0 Å². The lowest BCUT2D eigenvalue weighted by Crippen LogP contribution is -2.26. The number of piperidine rings is 1. The number of hydrogen-bond donors (Lipinski definition) is 1. The molecule has 0 aromatic rings. The topological polar surface area (TPSA) is 3.24 Å². The zero-order valence-electron chi connectivity index (χ0n) is 4.68. The Bertz CT molecular complexity index is 60.8. The molecule has 48 valence electrons. The quantitative estimate of drug-likeness (QED) is 0.406. The molecule has 1 nitrogen and oxygen atoms in total. The fraction of sp³-hybridized carbons (Fsp3) is 1.00. The van der Waals surface area contributed by atoms with E-state index in [1.54, 1.807) is 0 Å². The Hall–Kier alpha value is 0.600. The van der Waals surface area contributed by atoms with Crippen molar-refractivity contribution < 1.29 is 0 Å². The van der Waals surface area contributed by atoms with Crippen LogP contribution in [0.25, 0.3) is 0 Å². The van der Waals surface area contributed by atoms with Crippen molar-refractivity contribution in [2.45, 2.75) is 18.2 Å². The summed E-state index contributed by atoms with van der Waals surface area (Å²) in [5, 5.41) is 0.401. The molecule has 0 unspecified atom stereocenters. The molecule has 0 aromatic carbocycles. The van der Waals surface area contributed by atoms with E-state index < -0.39 is 0 Å². The van der Waals surface area contributed by atoms with Crippen molar-refractivity contribution in [2.75, 3.05) is 13.1 Å². The molecular weight excluding hydrogens is 142 g/mol. The fourth-order valence-corrected chi connectivity index (χ4v) is 1.26. The van der Waals surface area contributed by atoms with E-state index in [2.05, 4.69) is 12.8 Å². The molecular formula is C5H10ClNS. The number of alkyl halides is 1. The van der Waals surface area contributed by atoms with Gasteiger partial charge in [0.1, 0.15) is 0 Å². The van der Waals surface area contributed by atoms with Crippen LogP contribution in [0.3, 0.4) is 0 Å². The van der Waals surface area contributed by atoms with Crippen LogP contribution in [-0.2, 0) is 0 Å². The third kappa shape index (κ3) is 1.84. The molecule has 1 heterocycles. The van der Waals surface area contributed by atoms with E-state index in [9.17, 15) is 0 Å². The predicted molar refractivity (Wildman–Crippen MR) is 39.4 cm³/mol. The third-order valence-corrected chi connectivity index (χ3v) is 2.24. The number of nitrogens with zero attached hydrogens (tertiary/aromatic N) is 1. The van der Waals surface area contributed by atoms with Crippen LogP contribution in [0.5, 0.6) is 0 Å². The highest BCUT2D eigenvalue weighted by molar-refractivity contribution is 7.77. The Morgan fingerprint density at radius 1 is 1.38 bits per heavy atom. The van der Waals surface area contributed by atoms with Gasteiger partial charge in [-0.1, -0.05) is 12.8 Å². The highest BCUT2D eigenvalue weighted by Gasteiger charge is 2.13. The van der Waals surface area contributed by atoms with Crippen molar-refractivity contribution in [1.29, 1.82) is 0 Å². The first-order valence-corrected chi connectivity index (χ1v) is 3.70. The average molecular weight is 152 g/mol. The molecule has 0 amide bonds. The monoisotopic (exact) mass is 151 g/mol. The van der Waals surface area contributed by atoms with E-state index in [-0.39, 0.29) is 0 Å². The number of halogens is 1. The van der Waals surface area contributed by atoms with Gasteiger partial charge >= 0.3 is 0 Å². The summed E-state index contributed by atoms with van der Waals surface area (Å²) in [6.07, 6.45) is 2.18. The molecule has 8 heavy (non-hydrogen) atoms. The van der Waals surface area contributed by atoms with Gasteiger partial charge in [-0.05, 0) is 12.8 Å². The molecule has 0 radical (unpaired) electrons. The first kappa shape index (κ1) is 6.72. The maximum atomic E-state index is 5.82. The van der Waals surface area contributed by atoms with Crippen LogP contribution in [0, 0.1) is 0 Å². The standard InChI is InChI=1S/C5H10ClNS/c6-5-1-3-7(8)4-2-5/h5,8H,1-4H2. The van der Waals surface area contributed by atoms with Crippen LogP contribution in [0.2, 0.25) is 0 Å². The Kier molecular flexibility index (Phi) is 2.47. The molecule has 0 saturated carbocycles. The van der Waals surface area contributed by atoms with Gasteiger partial charge in [0.2, 0.25) is 0 Å². The highest BCUT2D eigenvalue weighted by Crippen LogP contribution is 2.15. The average Bonchev–Trinajstić information content (AvgIpc) is 1.77. The summed E-state index contributed by atoms with van der Waals surface area (Å²) < 4.78 is 2.01. The second-order valence-electron chi connectivity index (χ2n) is 2.13. The van der Waals surface area contributed by atoms with Crippen LogP contribution >= 0.6 is 24.4 Å². The third-order valence-electron chi connectivity index (χ3n) is 1.40. The molecule has 0 N–H and O–H groups in total. The molecule has 0 spiro atoms. The first-order valence-electron chi connectivity index (χ1n) is 2.87. The molecule has 0 aromatic heterocycles. The SMILES string of the molecule is SN1CCC(Cl)CC1. The Labute approximate surface area is 60.5 Å². The van der Waals surface area contributed by atoms with E-state index in [0.29, 0.717) is 5.38 Å². The molecule has 1 aliphatic heterocycles. The summed E-state index contributed by atoms with van der Waals surface area (Å²) >= 11 is 10.00. The summed E-state index contributed by atoms with van der Waals surface area (Å²) in [5.74, 6) is 0. The Balaban J connectivity index is 2.19. The van der Waals surface area contributed by atoms with Gasteiger partial charge in [-0.2, -0.15) is 0 Å². The number of thiol groups is 1. The summed E-state index contributed by atoms with van der Waals surface area (Å²) in [5.41, 5.74) is 0. The largest absolute Gasteiger partial charge is 0.253 e. The van der Waals surface area contributed by atoms with Crippen LogP contribution in [0.15, 0.2) is 0 Å². The zero-order valence-corrected chi connectivity index (χ0v) is 6.33. The number of rotatable bonds is 0. The lowest BCUT2D eigenvalue weighted by Gasteiger charge is -2.23. The smallest absolute Gasteiger partial charge is 0.0361 e. The van der Waals surface area contributed by atoms with Crippen molar-refractivity contribution >= 4 is 24.4 Å². The molecule has 1 saturated heterocycles. The van der Waals surface area contributed by atoms with E-state index in [0.717, 1.165) is 25.9 Å². The van der Waals surface area contributed by atoms with Gasteiger partial charge in [0, 0.05) is 18.5 Å². The van der Waals surface area contributed by atoms with E-state index in [4.69, 9.17) is 11.6 Å². The lowest BCUT2D eigenvalue weighted by atomic mass is 10.2. The molecule has 1 aliphatic rings. The maximum Gasteiger partial charge on any atom is 0.0361 e. The summed E-state index contributed by atoms with van der Waals surface area (Å²) in [4.78, 5) is 0. The van der Waals surface area contributed by atoms with Crippen molar-refractivity contribution in [3.8, 4) is 0 Å².